The first kappa shape index (κ1) is 14.2. The Morgan fingerprint density at radius 3 is 2.81 bits per heavy atom. The van der Waals surface area contributed by atoms with Crippen LogP contribution in [-0.2, 0) is 11.8 Å². The van der Waals surface area contributed by atoms with Gasteiger partial charge in [-0.3, -0.25) is 9.79 Å². The van der Waals surface area contributed by atoms with Crippen molar-refractivity contribution in [3.8, 4) is 17.0 Å². The Kier molecular flexibility index (Phi) is 3.51. The molecule has 0 bridgehead atoms. The van der Waals surface area contributed by atoms with Gasteiger partial charge in [-0.05, 0) is 12.1 Å². The van der Waals surface area contributed by atoms with Crippen LogP contribution in [0.25, 0.3) is 11.3 Å². The van der Waals surface area contributed by atoms with E-state index in [1.165, 1.54) is 0 Å². The van der Waals surface area contributed by atoms with E-state index in [4.69, 9.17) is 16.3 Å². The quantitative estimate of drug-likeness (QED) is 0.808. The van der Waals surface area contributed by atoms with Crippen LogP contribution < -0.4 is 14.4 Å². The zero-order valence-corrected chi connectivity index (χ0v) is 13.5. The summed E-state index contributed by atoms with van der Waals surface area (Å²) in [5.74, 6) is 0.590. The van der Waals surface area contributed by atoms with E-state index in [-0.39, 0.29) is 12.5 Å². The summed E-state index contributed by atoms with van der Waals surface area (Å²) < 4.78 is 7.64. The smallest absolute Gasteiger partial charge is 0.264 e. The molecule has 1 aliphatic rings. The number of aromatic nitrogens is 1. The number of benzene rings is 1. The van der Waals surface area contributed by atoms with Crippen molar-refractivity contribution < 1.29 is 9.53 Å². The van der Waals surface area contributed by atoms with Crippen LogP contribution in [0.1, 0.15) is 0 Å². The minimum absolute atomic E-state index is 0.0387. The summed E-state index contributed by atoms with van der Waals surface area (Å²) in [6, 6.07) is 3.60. The molecule has 0 saturated heterocycles. The average Bonchev–Trinajstić information content (AvgIpc) is 2.83. The van der Waals surface area contributed by atoms with Gasteiger partial charge in [0.1, 0.15) is 0 Å². The van der Waals surface area contributed by atoms with Gasteiger partial charge >= 0.3 is 0 Å². The second kappa shape index (κ2) is 5.20. The maximum atomic E-state index is 11.8. The number of carbonyl (C=O) groups excluding carboxylic acids is 1. The van der Waals surface area contributed by atoms with Crippen molar-refractivity contribution in [2.45, 2.75) is 0 Å². The predicted molar refractivity (Wildman–Crippen MR) is 84.1 cm³/mol. The Morgan fingerprint density at radius 2 is 2.14 bits per heavy atom. The van der Waals surface area contributed by atoms with E-state index in [0.29, 0.717) is 16.5 Å². The van der Waals surface area contributed by atoms with Gasteiger partial charge in [-0.1, -0.05) is 11.6 Å². The summed E-state index contributed by atoms with van der Waals surface area (Å²) in [6.45, 7) is 0.0387. The number of halogens is 1. The third-order valence-corrected chi connectivity index (χ3v) is 4.73. The highest BCUT2D eigenvalue weighted by Crippen LogP contribution is 2.42. The summed E-state index contributed by atoms with van der Waals surface area (Å²) >= 11 is 7.76. The van der Waals surface area contributed by atoms with Crippen LogP contribution in [0.3, 0.4) is 0 Å². The Hall–Kier alpha value is -1.79. The van der Waals surface area contributed by atoms with E-state index in [0.717, 1.165) is 16.1 Å². The van der Waals surface area contributed by atoms with Crippen molar-refractivity contribution in [2.24, 2.45) is 12.0 Å². The molecule has 3 rings (SSSR count). The molecule has 2 heterocycles. The molecule has 1 aromatic carbocycles. The molecule has 1 aliphatic heterocycles. The van der Waals surface area contributed by atoms with Gasteiger partial charge in [0.25, 0.3) is 5.91 Å². The Bertz CT molecular complexity index is 794. The Morgan fingerprint density at radius 1 is 1.38 bits per heavy atom. The van der Waals surface area contributed by atoms with Crippen molar-refractivity contribution in [2.75, 3.05) is 25.6 Å². The summed E-state index contributed by atoms with van der Waals surface area (Å²) in [5.41, 5.74) is 2.52. The Labute approximate surface area is 131 Å². The van der Waals surface area contributed by atoms with E-state index < -0.39 is 0 Å². The highest BCUT2D eigenvalue weighted by atomic mass is 35.5. The van der Waals surface area contributed by atoms with Crippen LogP contribution in [0.5, 0.6) is 5.75 Å². The minimum atomic E-state index is -0.0883. The van der Waals surface area contributed by atoms with Crippen molar-refractivity contribution in [1.82, 2.24) is 4.57 Å². The van der Waals surface area contributed by atoms with E-state index in [1.54, 1.807) is 36.4 Å². The van der Waals surface area contributed by atoms with Gasteiger partial charge in [-0.25, -0.2) is 0 Å². The number of hydrogen-bond donors (Lipinski definition) is 0. The van der Waals surface area contributed by atoms with Crippen molar-refractivity contribution in [3.63, 3.8) is 0 Å². The summed E-state index contributed by atoms with van der Waals surface area (Å²) in [5, 5.41) is 2.57. The fourth-order valence-electron chi connectivity index (χ4n) is 2.35. The number of thiazole rings is 1. The molecular weight excluding hydrogens is 310 g/mol. The lowest BCUT2D eigenvalue weighted by Gasteiger charge is -2.28. The van der Waals surface area contributed by atoms with Gasteiger partial charge in [-0.2, -0.15) is 0 Å². The molecule has 5 nitrogen and oxygen atoms in total. The van der Waals surface area contributed by atoms with Crippen LogP contribution in [0, 0.1) is 0 Å². The van der Waals surface area contributed by atoms with Gasteiger partial charge < -0.3 is 14.2 Å². The third-order valence-electron chi connectivity index (χ3n) is 3.50. The average molecular weight is 324 g/mol. The monoisotopic (exact) mass is 323 g/mol. The number of rotatable bonds is 1. The lowest BCUT2D eigenvalue weighted by Crippen LogP contribution is -2.35. The number of nitrogens with zero attached hydrogens (tertiary/aromatic N) is 3. The maximum Gasteiger partial charge on any atom is 0.264 e. The van der Waals surface area contributed by atoms with E-state index in [1.807, 2.05) is 23.1 Å². The number of amides is 1. The fraction of sp³-hybridized carbons (Fsp3) is 0.286. The van der Waals surface area contributed by atoms with E-state index >= 15 is 0 Å². The molecule has 0 saturated carbocycles. The second-order valence-electron chi connectivity index (χ2n) is 4.73. The number of ether oxygens (including phenoxy) is 1. The molecule has 0 aliphatic carbocycles. The molecule has 1 amide bonds. The minimum Gasteiger partial charge on any atom is -0.481 e. The predicted octanol–water partition coefficient (Wildman–Crippen LogP) is 2.29. The molecule has 7 heteroatoms. The van der Waals surface area contributed by atoms with Gasteiger partial charge in [0.05, 0.1) is 11.4 Å². The molecule has 21 heavy (non-hydrogen) atoms. The molecule has 0 radical (unpaired) electrons. The number of fused-ring (bicyclic) bond motifs is 1. The van der Waals surface area contributed by atoms with Crippen LogP contribution in [0.2, 0.25) is 5.02 Å². The van der Waals surface area contributed by atoms with E-state index in [9.17, 15) is 4.79 Å². The molecule has 0 atom stereocenters. The number of hydrogen-bond acceptors (Lipinski definition) is 4. The number of anilines is 1. The van der Waals surface area contributed by atoms with Gasteiger partial charge in [0.2, 0.25) is 0 Å². The zero-order valence-electron chi connectivity index (χ0n) is 11.9. The first-order valence-electron chi connectivity index (χ1n) is 6.33. The lowest BCUT2D eigenvalue weighted by atomic mass is 10.1. The number of likely N-dealkylation sites (N-methyl/N-ethyl adjacent to an activating group) is 1. The normalized spacial score (nSPS) is 15.1. The molecule has 0 spiro atoms. The molecule has 1 aromatic heterocycles. The maximum absolute atomic E-state index is 11.8. The number of carbonyl (C=O) groups is 1. The van der Waals surface area contributed by atoms with Crippen LogP contribution in [0.4, 0.5) is 5.69 Å². The largest absolute Gasteiger partial charge is 0.481 e. The highest BCUT2D eigenvalue weighted by Gasteiger charge is 2.26. The summed E-state index contributed by atoms with van der Waals surface area (Å²) in [4.78, 5) is 18.5. The lowest BCUT2D eigenvalue weighted by molar-refractivity contribution is -0.120. The first-order chi connectivity index (χ1) is 10.0. The second-order valence-corrected chi connectivity index (χ2v) is 6.00. The van der Waals surface area contributed by atoms with Gasteiger partial charge in [-0.15, -0.1) is 11.3 Å². The van der Waals surface area contributed by atoms with Gasteiger partial charge in [0, 0.05) is 37.1 Å². The fourth-order valence-corrected chi connectivity index (χ4v) is 3.43. The van der Waals surface area contributed by atoms with Gasteiger partial charge in [0.15, 0.2) is 17.2 Å². The van der Waals surface area contributed by atoms with Crippen molar-refractivity contribution in [3.05, 3.63) is 27.3 Å². The van der Waals surface area contributed by atoms with Crippen LogP contribution in [-0.4, -0.2) is 31.2 Å². The van der Waals surface area contributed by atoms with Crippen molar-refractivity contribution in [1.29, 1.82) is 0 Å². The molecule has 110 valence electrons. The van der Waals surface area contributed by atoms with Crippen molar-refractivity contribution >= 4 is 34.5 Å². The molecule has 0 unspecified atom stereocenters. The zero-order chi connectivity index (χ0) is 15.1. The van der Waals surface area contributed by atoms with Crippen LogP contribution >= 0.6 is 22.9 Å². The Balaban J connectivity index is 2.27. The summed E-state index contributed by atoms with van der Waals surface area (Å²) in [6.07, 6.45) is 0. The molecule has 0 N–H and O–H groups in total. The molecular formula is C14H14ClN3O2S. The van der Waals surface area contributed by atoms with Crippen LogP contribution in [0.15, 0.2) is 22.5 Å². The highest BCUT2D eigenvalue weighted by molar-refractivity contribution is 7.07. The molecule has 2 aromatic rings. The summed E-state index contributed by atoms with van der Waals surface area (Å²) in [7, 11) is 5.43. The third kappa shape index (κ3) is 2.24. The SMILES string of the molecule is CN=c1scc(-c2cc(Cl)cc3c2OCC(=O)N3C)n1C. The first-order valence-corrected chi connectivity index (χ1v) is 7.59. The molecule has 0 fully saturated rings. The van der Waals surface area contributed by atoms with E-state index in [2.05, 4.69) is 4.99 Å². The standard InChI is InChI=1S/C14H14ClN3O2S/c1-16-14-18(3)11(7-21-14)9-4-8(15)5-10-13(9)20-6-12(19)17(10)2/h4-5,7H,6H2,1-3H3. The topological polar surface area (TPSA) is 46.8 Å².